The number of nitrogens with zero attached hydrogens (tertiary/aromatic N) is 6. The van der Waals surface area contributed by atoms with Crippen LogP contribution in [0, 0.1) is 0 Å². The molecule has 3 heterocycles. The molecule has 0 saturated heterocycles. The van der Waals surface area contributed by atoms with E-state index in [2.05, 4.69) is 44.7 Å². The van der Waals surface area contributed by atoms with Gasteiger partial charge in [0, 0.05) is 51.5 Å². The van der Waals surface area contributed by atoms with Gasteiger partial charge in [-0.05, 0) is 19.3 Å². The van der Waals surface area contributed by atoms with E-state index < -0.39 is 0 Å². The first-order valence-electron chi connectivity index (χ1n) is 10.0. The highest BCUT2D eigenvalue weighted by molar-refractivity contribution is 5.80. The van der Waals surface area contributed by atoms with Crippen LogP contribution >= 0.6 is 0 Å². The van der Waals surface area contributed by atoms with Crippen LogP contribution in [0.15, 0.2) is 4.99 Å². The fourth-order valence-electron chi connectivity index (χ4n) is 3.82. The lowest BCUT2D eigenvalue weighted by Crippen LogP contribution is -2.46. The number of aromatic nitrogens is 5. The molecule has 0 aromatic carbocycles. The Morgan fingerprint density at radius 3 is 2.79 bits per heavy atom. The van der Waals surface area contributed by atoms with Gasteiger partial charge in [-0.1, -0.05) is 13.8 Å². The van der Waals surface area contributed by atoms with Gasteiger partial charge in [-0.15, -0.1) is 0 Å². The molecule has 0 fully saturated rings. The van der Waals surface area contributed by atoms with E-state index in [1.807, 2.05) is 16.4 Å². The van der Waals surface area contributed by atoms with Crippen molar-refractivity contribution in [3.63, 3.8) is 0 Å². The molecular weight excluding hydrogens is 356 g/mol. The molecule has 1 unspecified atom stereocenters. The van der Waals surface area contributed by atoms with E-state index in [0.29, 0.717) is 6.61 Å². The van der Waals surface area contributed by atoms with E-state index in [9.17, 15) is 0 Å². The molecule has 0 spiro atoms. The van der Waals surface area contributed by atoms with E-state index >= 15 is 0 Å². The van der Waals surface area contributed by atoms with Crippen LogP contribution in [-0.2, 0) is 50.7 Å². The van der Waals surface area contributed by atoms with Gasteiger partial charge in [0.15, 0.2) is 11.8 Å². The summed E-state index contributed by atoms with van der Waals surface area (Å²) in [5, 5.41) is 16.2. The molecule has 0 bridgehead atoms. The second kappa shape index (κ2) is 9.18. The lowest BCUT2D eigenvalue weighted by molar-refractivity contribution is 0.177. The van der Waals surface area contributed by atoms with E-state index in [1.165, 1.54) is 11.3 Å². The van der Waals surface area contributed by atoms with Gasteiger partial charge in [0.2, 0.25) is 0 Å². The topological polar surface area (TPSA) is 94.2 Å². The molecule has 0 saturated carbocycles. The molecule has 0 amide bonds. The highest BCUT2D eigenvalue weighted by atomic mass is 16.5. The summed E-state index contributed by atoms with van der Waals surface area (Å²) in [6.07, 6.45) is 3.79. The molecule has 1 atom stereocenters. The number of aliphatic imine (C=N–C) groups is 1. The zero-order chi connectivity index (χ0) is 20.1. The summed E-state index contributed by atoms with van der Waals surface area (Å²) in [5.41, 5.74) is 3.70. The monoisotopic (exact) mass is 388 g/mol. The summed E-state index contributed by atoms with van der Waals surface area (Å²) in [7, 11) is 5.49. The normalized spacial score (nSPS) is 16.9. The van der Waals surface area contributed by atoms with Crippen molar-refractivity contribution in [2.24, 2.45) is 12.0 Å². The minimum atomic E-state index is 0.265. The minimum absolute atomic E-state index is 0.265. The lowest BCUT2D eigenvalue weighted by Gasteiger charge is -2.25. The SMILES string of the molecule is CCc1nn(C)c(CC)c1CNC(=NC)NC1CCc2nc(COC)nn2C1. The highest BCUT2D eigenvalue weighted by Crippen LogP contribution is 2.16. The Labute approximate surface area is 166 Å². The number of hydrogen-bond acceptors (Lipinski definition) is 5. The molecule has 0 aliphatic carbocycles. The third kappa shape index (κ3) is 4.35. The van der Waals surface area contributed by atoms with Crippen LogP contribution in [0.4, 0.5) is 0 Å². The minimum Gasteiger partial charge on any atom is -0.377 e. The quantitative estimate of drug-likeness (QED) is 0.542. The first kappa shape index (κ1) is 20.3. The van der Waals surface area contributed by atoms with Crippen LogP contribution in [0.25, 0.3) is 0 Å². The first-order chi connectivity index (χ1) is 13.6. The number of fused-ring (bicyclic) bond motifs is 1. The molecule has 2 aromatic rings. The number of rotatable bonds is 7. The summed E-state index contributed by atoms with van der Waals surface area (Å²) in [6.45, 7) is 6.27. The Morgan fingerprint density at radius 1 is 1.29 bits per heavy atom. The molecular formula is C19H32N8O. The Kier molecular flexibility index (Phi) is 6.66. The van der Waals surface area contributed by atoms with Crippen LogP contribution < -0.4 is 10.6 Å². The van der Waals surface area contributed by atoms with Gasteiger partial charge in [-0.3, -0.25) is 9.67 Å². The molecule has 154 valence electrons. The molecule has 0 radical (unpaired) electrons. The highest BCUT2D eigenvalue weighted by Gasteiger charge is 2.22. The third-order valence-electron chi connectivity index (χ3n) is 5.20. The number of guanidine groups is 1. The standard InChI is InChI=1S/C19H32N8O/c1-6-15-14(16(7-2)26(4)24-15)10-21-19(20-3)22-13-8-9-18-23-17(12-28-5)25-27(18)11-13/h13H,6-12H2,1-5H3,(H2,20,21,22). The first-order valence-corrected chi connectivity index (χ1v) is 10.0. The Balaban J connectivity index is 1.61. The summed E-state index contributed by atoms with van der Waals surface area (Å²) in [5.74, 6) is 2.58. The zero-order valence-electron chi connectivity index (χ0n) is 17.6. The van der Waals surface area contributed by atoms with Crippen molar-refractivity contribution >= 4 is 5.96 Å². The average Bonchev–Trinajstić information content (AvgIpc) is 3.24. The fraction of sp³-hybridized carbons (Fsp3) is 0.684. The number of hydrogen-bond donors (Lipinski definition) is 2. The third-order valence-corrected chi connectivity index (χ3v) is 5.20. The van der Waals surface area contributed by atoms with Gasteiger partial charge >= 0.3 is 0 Å². The molecule has 28 heavy (non-hydrogen) atoms. The smallest absolute Gasteiger partial charge is 0.191 e. The maximum absolute atomic E-state index is 5.14. The Morgan fingerprint density at radius 2 is 2.11 bits per heavy atom. The second-order valence-corrected chi connectivity index (χ2v) is 7.07. The predicted molar refractivity (Wildman–Crippen MR) is 108 cm³/mol. The van der Waals surface area contributed by atoms with E-state index in [1.54, 1.807) is 14.2 Å². The van der Waals surface area contributed by atoms with Crippen molar-refractivity contribution in [3.05, 3.63) is 28.6 Å². The van der Waals surface area contributed by atoms with Gasteiger partial charge < -0.3 is 15.4 Å². The molecule has 9 nitrogen and oxygen atoms in total. The summed E-state index contributed by atoms with van der Waals surface area (Å²) < 4.78 is 9.12. The number of aryl methyl sites for hydroxylation is 3. The van der Waals surface area contributed by atoms with Gasteiger partial charge in [0.1, 0.15) is 12.4 Å². The number of ether oxygens (including phenoxy) is 1. The molecule has 1 aliphatic rings. The molecule has 1 aliphatic heterocycles. The lowest BCUT2D eigenvalue weighted by atomic mass is 10.1. The maximum atomic E-state index is 5.14. The summed E-state index contributed by atoms with van der Waals surface area (Å²) in [4.78, 5) is 8.94. The van der Waals surface area contributed by atoms with Crippen molar-refractivity contribution in [1.29, 1.82) is 0 Å². The predicted octanol–water partition coefficient (Wildman–Crippen LogP) is 0.963. The largest absolute Gasteiger partial charge is 0.377 e. The molecule has 9 heteroatoms. The van der Waals surface area contributed by atoms with E-state index in [-0.39, 0.29) is 6.04 Å². The van der Waals surface area contributed by atoms with Crippen molar-refractivity contribution in [3.8, 4) is 0 Å². The zero-order valence-corrected chi connectivity index (χ0v) is 17.6. The van der Waals surface area contributed by atoms with Crippen molar-refractivity contribution in [2.45, 2.75) is 65.3 Å². The molecule has 3 rings (SSSR count). The number of methoxy groups -OCH3 is 1. The molecule has 2 aromatic heterocycles. The van der Waals surface area contributed by atoms with Gasteiger partial charge in [-0.2, -0.15) is 10.2 Å². The molecule has 2 N–H and O–H groups in total. The van der Waals surface area contributed by atoms with E-state index in [4.69, 9.17) is 4.74 Å². The van der Waals surface area contributed by atoms with E-state index in [0.717, 1.165) is 62.1 Å². The average molecular weight is 389 g/mol. The maximum Gasteiger partial charge on any atom is 0.191 e. The van der Waals surface area contributed by atoms with Gasteiger partial charge in [0.25, 0.3) is 0 Å². The summed E-state index contributed by atoms with van der Waals surface area (Å²) in [6, 6.07) is 0.265. The van der Waals surface area contributed by atoms with Crippen LogP contribution in [0.2, 0.25) is 0 Å². The second-order valence-electron chi connectivity index (χ2n) is 7.07. The van der Waals surface area contributed by atoms with Crippen molar-refractivity contribution in [1.82, 2.24) is 35.2 Å². The fourth-order valence-corrected chi connectivity index (χ4v) is 3.82. The number of nitrogens with one attached hydrogen (secondary N) is 2. The van der Waals surface area contributed by atoms with Crippen LogP contribution in [0.1, 0.15) is 48.9 Å². The van der Waals surface area contributed by atoms with Crippen LogP contribution in [-0.4, -0.2) is 50.7 Å². The summed E-state index contributed by atoms with van der Waals surface area (Å²) >= 11 is 0. The van der Waals surface area contributed by atoms with Crippen molar-refractivity contribution in [2.75, 3.05) is 14.2 Å². The van der Waals surface area contributed by atoms with Crippen LogP contribution in [0.3, 0.4) is 0 Å². The van der Waals surface area contributed by atoms with Gasteiger partial charge in [0.05, 0.1) is 12.2 Å². The van der Waals surface area contributed by atoms with Gasteiger partial charge in [-0.25, -0.2) is 9.67 Å². The Hall–Kier alpha value is -2.42. The van der Waals surface area contributed by atoms with Crippen LogP contribution in [0.5, 0.6) is 0 Å². The van der Waals surface area contributed by atoms with Crippen molar-refractivity contribution < 1.29 is 4.74 Å². The Bertz CT molecular complexity index is 822.